The number of nitrogens with zero attached hydrogens (tertiary/aromatic N) is 1. The average molecular weight is 220 g/mol. The fraction of sp³-hybridized carbons (Fsp3) is 0.417. The van der Waals surface area contributed by atoms with Gasteiger partial charge in [0.25, 0.3) is 0 Å². The van der Waals surface area contributed by atoms with Crippen LogP contribution >= 0.6 is 0 Å². The normalized spacial score (nSPS) is 20.1. The zero-order valence-electron chi connectivity index (χ0n) is 9.31. The number of anilines is 2. The van der Waals surface area contributed by atoms with Crippen LogP contribution in [0.4, 0.5) is 11.4 Å². The van der Waals surface area contributed by atoms with E-state index in [4.69, 9.17) is 10.8 Å². The minimum absolute atomic E-state index is 0.191. The number of carboxylic acid groups (broad SMARTS) is 1. The Hall–Kier alpha value is -1.71. The Bertz CT molecular complexity index is 417. The molecule has 1 saturated heterocycles. The van der Waals surface area contributed by atoms with Crippen LogP contribution in [0.2, 0.25) is 0 Å². The highest BCUT2D eigenvalue weighted by atomic mass is 16.4. The first-order valence-electron chi connectivity index (χ1n) is 5.49. The third-order valence-corrected chi connectivity index (χ3v) is 3.18. The monoisotopic (exact) mass is 220 g/mol. The highest BCUT2D eigenvalue weighted by Crippen LogP contribution is 2.32. The zero-order chi connectivity index (χ0) is 11.7. The van der Waals surface area contributed by atoms with Gasteiger partial charge < -0.3 is 15.7 Å². The number of hydrogen-bond acceptors (Lipinski definition) is 3. The summed E-state index contributed by atoms with van der Waals surface area (Å²) in [7, 11) is 0. The van der Waals surface area contributed by atoms with Crippen LogP contribution in [0, 0.1) is 0 Å². The van der Waals surface area contributed by atoms with Crippen LogP contribution in [0.25, 0.3) is 0 Å². The van der Waals surface area contributed by atoms with E-state index in [1.165, 1.54) is 0 Å². The van der Waals surface area contributed by atoms with Crippen molar-refractivity contribution in [3.8, 4) is 0 Å². The number of benzene rings is 1. The number of carboxylic acids is 1. The van der Waals surface area contributed by atoms with E-state index in [1.54, 1.807) is 12.1 Å². The number of hydrogen-bond donors (Lipinski definition) is 2. The molecule has 1 fully saturated rings. The molecule has 2 rings (SSSR count). The number of rotatable bonds is 2. The van der Waals surface area contributed by atoms with Gasteiger partial charge in [-0.15, -0.1) is 0 Å². The third-order valence-electron chi connectivity index (χ3n) is 3.18. The van der Waals surface area contributed by atoms with Crippen molar-refractivity contribution < 1.29 is 9.90 Å². The van der Waals surface area contributed by atoms with Gasteiger partial charge in [-0.1, -0.05) is 6.07 Å². The molecule has 16 heavy (non-hydrogen) atoms. The van der Waals surface area contributed by atoms with Gasteiger partial charge in [-0.25, -0.2) is 4.79 Å². The first-order valence-corrected chi connectivity index (χ1v) is 5.49. The third kappa shape index (κ3) is 1.71. The van der Waals surface area contributed by atoms with Gasteiger partial charge in [-0.2, -0.15) is 0 Å². The predicted octanol–water partition coefficient (Wildman–Crippen LogP) is 1.96. The van der Waals surface area contributed by atoms with Crippen molar-refractivity contribution in [2.75, 3.05) is 17.2 Å². The minimum atomic E-state index is -0.966. The molecule has 3 N–H and O–H groups in total. The summed E-state index contributed by atoms with van der Waals surface area (Å²) in [5, 5.41) is 9.00. The maximum Gasteiger partial charge on any atom is 0.337 e. The standard InChI is InChI=1S/C12H16N2O2/c1-8-4-3-7-14(8)10-6-2-5-9(11(10)13)12(15)16/h2,5-6,8H,3-4,7,13H2,1H3,(H,15,16). The molecule has 0 radical (unpaired) electrons. The number of carbonyl (C=O) groups is 1. The van der Waals surface area contributed by atoms with Crippen molar-refractivity contribution in [2.45, 2.75) is 25.8 Å². The Morgan fingerprint density at radius 2 is 2.31 bits per heavy atom. The van der Waals surface area contributed by atoms with Gasteiger partial charge in [0.2, 0.25) is 0 Å². The Morgan fingerprint density at radius 1 is 1.56 bits per heavy atom. The fourth-order valence-electron chi connectivity index (χ4n) is 2.28. The summed E-state index contributed by atoms with van der Waals surface area (Å²) < 4.78 is 0. The lowest BCUT2D eigenvalue weighted by Crippen LogP contribution is -2.27. The molecule has 86 valence electrons. The van der Waals surface area contributed by atoms with Crippen molar-refractivity contribution in [1.29, 1.82) is 0 Å². The molecule has 1 unspecified atom stereocenters. The molecule has 1 aliphatic rings. The molecule has 1 atom stereocenters. The summed E-state index contributed by atoms with van der Waals surface area (Å²) in [4.78, 5) is 13.2. The second-order valence-electron chi connectivity index (χ2n) is 4.23. The van der Waals surface area contributed by atoms with E-state index in [2.05, 4.69) is 11.8 Å². The topological polar surface area (TPSA) is 66.6 Å². The minimum Gasteiger partial charge on any atom is -0.478 e. The molecule has 4 nitrogen and oxygen atoms in total. The number of nitrogen functional groups attached to an aromatic ring is 1. The molecule has 1 heterocycles. The predicted molar refractivity (Wildman–Crippen MR) is 63.9 cm³/mol. The molecule has 0 aromatic heterocycles. The second-order valence-corrected chi connectivity index (χ2v) is 4.23. The molecule has 4 heteroatoms. The Labute approximate surface area is 94.7 Å². The molecule has 1 aromatic rings. The van der Waals surface area contributed by atoms with Gasteiger partial charge in [0.1, 0.15) is 0 Å². The van der Waals surface area contributed by atoms with Crippen molar-refractivity contribution in [3.63, 3.8) is 0 Å². The molecule has 1 aromatic carbocycles. The Morgan fingerprint density at radius 3 is 2.88 bits per heavy atom. The zero-order valence-corrected chi connectivity index (χ0v) is 9.31. The van der Waals surface area contributed by atoms with E-state index in [9.17, 15) is 4.79 Å². The molecule has 1 aliphatic heterocycles. The first-order chi connectivity index (χ1) is 7.61. The highest BCUT2D eigenvalue weighted by Gasteiger charge is 2.23. The van der Waals surface area contributed by atoms with Crippen LogP contribution in [0.5, 0.6) is 0 Å². The summed E-state index contributed by atoms with van der Waals surface area (Å²) in [5.41, 5.74) is 7.33. The van der Waals surface area contributed by atoms with E-state index in [0.29, 0.717) is 11.7 Å². The van der Waals surface area contributed by atoms with E-state index in [0.717, 1.165) is 25.1 Å². The van der Waals surface area contributed by atoms with E-state index in [1.807, 2.05) is 6.07 Å². The van der Waals surface area contributed by atoms with Gasteiger partial charge in [0.05, 0.1) is 16.9 Å². The molecular weight excluding hydrogens is 204 g/mol. The molecule has 0 spiro atoms. The lowest BCUT2D eigenvalue weighted by Gasteiger charge is -2.25. The van der Waals surface area contributed by atoms with Crippen molar-refractivity contribution in [1.82, 2.24) is 0 Å². The van der Waals surface area contributed by atoms with Crippen LogP contribution in [-0.2, 0) is 0 Å². The smallest absolute Gasteiger partial charge is 0.337 e. The van der Waals surface area contributed by atoms with Gasteiger partial charge in [0.15, 0.2) is 0 Å². The molecule has 0 amide bonds. The van der Waals surface area contributed by atoms with Gasteiger partial charge in [-0.3, -0.25) is 0 Å². The Kier molecular flexibility index (Phi) is 2.73. The maximum atomic E-state index is 11.0. The summed E-state index contributed by atoms with van der Waals surface area (Å²) in [6.07, 6.45) is 2.27. The van der Waals surface area contributed by atoms with Crippen molar-refractivity contribution in [3.05, 3.63) is 23.8 Å². The lowest BCUT2D eigenvalue weighted by molar-refractivity contribution is 0.0698. The largest absolute Gasteiger partial charge is 0.478 e. The summed E-state index contributed by atoms with van der Waals surface area (Å²) in [6, 6.07) is 5.62. The molecule has 0 aliphatic carbocycles. The summed E-state index contributed by atoms with van der Waals surface area (Å²) in [6.45, 7) is 3.09. The van der Waals surface area contributed by atoms with Crippen LogP contribution in [-0.4, -0.2) is 23.7 Å². The van der Waals surface area contributed by atoms with Crippen molar-refractivity contribution >= 4 is 17.3 Å². The van der Waals surface area contributed by atoms with Crippen LogP contribution in [0.3, 0.4) is 0 Å². The van der Waals surface area contributed by atoms with E-state index >= 15 is 0 Å². The quantitative estimate of drug-likeness (QED) is 0.748. The van der Waals surface area contributed by atoms with E-state index in [-0.39, 0.29) is 5.56 Å². The van der Waals surface area contributed by atoms with Gasteiger partial charge in [-0.05, 0) is 31.9 Å². The number of para-hydroxylation sites is 1. The van der Waals surface area contributed by atoms with Crippen LogP contribution in [0.15, 0.2) is 18.2 Å². The maximum absolute atomic E-state index is 11.0. The summed E-state index contributed by atoms with van der Waals surface area (Å²) in [5.74, 6) is -0.966. The highest BCUT2D eigenvalue weighted by molar-refractivity contribution is 5.97. The van der Waals surface area contributed by atoms with E-state index < -0.39 is 5.97 Å². The number of nitrogens with two attached hydrogens (primary N) is 1. The second kappa shape index (κ2) is 4.04. The SMILES string of the molecule is CC1CCCN1c1cccc(C(=O)O)c1N. The Balaban J connectivity index is 2.41. The average Bonchev–Trinajstić information content (AvgIpc) is 2.64. The van der Waals surface area contributed by atoms with Crippen LogP contribution < -0.4 is 10.6 Å². The molecule has 0 saturated carbocycles. The summed E-state index contributed by atoms with van der Waals surface area (Å²) >= 11 is 0. The fourth-order valence-corrected chi connectivity index (χ4v) is 2.28. The van der Waals surface area contributed by atoms with Crippen LogP contribution in [0.1, 0.15) is 30.1 Å². The lowest BCUT2D eigenvalue weighted by atomic mass is 10.1. The van der Waals surface area contributed by atoms with Gasteiger partial charge in [0, 0.05) is 12.6 Å². The first kappa shape index (κ1) is 10.8. The van der Waals surface area contributed by atoms with Crippen molar-refractivity contribution in [2.24, 2.45) is 0 Å². The molecule has 0 bridgehead atoms. The molecular formula is C12H16N2O2. The number of aromatic carboxylic acids is 1. The van der Waals surface area contributed by atoms with Gasteiger partial charge >= 0.3 is 5.97 Å².